The molecule has 0 aromatic heterocycles. The normalized spacial score (nSPS) is 16.1. The van der Waals surface area contributed by atoms with Crippen LogP contribution in [-0.4, -0.2) is 22.5 Å². The Hall–Kier alpha value is -2.18. The molecule has 96 valence electrons. The number of benzene rings is 1. The lowest BCUT2D eigenvalue weighted by Gasteiger charge is -2.12. The third-order valence-electron chi connectivity index (χ3n) is 3.09. The SMILES string of the molecule is O=C(O)C1(CNc2ccc([N+](=O)[O-])cc2F)CC1. The number of hydrogen-bond donors (Lipinski definition) is 2. The summed E-state index contributed by atoms with van der Waals surface area (Å²) in [5.74, 6) is -1.66. The van der Waals surface area contributed by atoms with E-state index in [0.29, 0.717) is 12.8 Å². The van der Waals surface area contributed by atoms with Gasteiger partial charge >= 0.3 is 5.97 Å². The second kappa shape index (κ2) is 4.25. The number of non-ortho nitro benzene ring substituents is 1. The molecule has 1 aromatic rings. The lowest BCUT2D eigenvalue weighted by molar-refractivity contribution is -0.385. The van der Waals surface area contributed by atoms with Crippen LogP contribution in [0.5, 0.6) is 0 Å². The van der Waals surface area contributed by atoms with Crippen molar-refractivity contribution in [3.8, 4) is 0 Å². The first-order chi connectivity index (χ1) is 8.44. The molecule has 6 nitrogen and oxygen atoms in total. The van der Waals surface area contributed by atoms with Gasteiger partial charge in [0.1, 0.15) is 0 Å². The number of hydrogen-bond acceptors (Lipinski definition) is 4. The number of nitro benzene ring substituents is 1. The Balaban J connectivity index is 2.07. The summed E-state index contributed by atoms with van der Waals surface area (Å²) in [6.45, 7) is 0.122. The largest absolute Gasteiger partial charge is 0.481 e. The molecule has 0 spiro atoms. The predicted molar refractivity (Wildman–Crippen MR) is 60.8 cm³/mol. The minimum atomic E-state index is -0.905. The molecule has 1 aliphatic carbocycles. The van der Waals surface area contributed by atoms with Gasteiger partial charge in [-0.1, -0.05) is 0 Å². The van der Waals surface area contributed by atoms with Crippen LogP contribution in [0.1, 0.15) is 12.8 Å². The highest BCUT2D eigenvalue weighted by atomic mass is 19.1. The van der Waals surface area contributed by atoms with Crippen molar-refractivity contribution in [1.82, 2.24) is 0 Å². The van der Waals surface area contributed by atoms with E-state index in [9.17, 15) is 19.3 Å². The van der Waals surface area contributed by atoms with E-state index in [2.05, 4.69) is 5.32 Å². The van der Waals surface area contributed by atoms with Gasteiger partial charge in [-0.3, -0.25) is 14.9 Å². The van der Waals surface area contributed by atoms with E-state index in [4.69, 9.17) is 5.11 Å². The van der Waals surface area contributed by atoms with E-state index < -0.39 is 22.1 Å². The van der Waals surface area contributed by atoms with E-state index in [1.54, 1.807) is 0 Å². The molecule has 1 aliphatic rings. The molecular formula is C11H11FN2O4. The van der Waals surface area contributed by atoms with Crippen molar-refractivity contribution in [3.63, 3.8) is 0 Å². The number of nitrogens with one attached hydrogen (secondary N) is 1. The van der Waals surface area contributed by atoms with Crippen molar-refractivity contribution in [3.05, 3.63) is 34.1 Å². The van der Waals surface area contributed by atoms with Crippen molar-refractivity contribution in [2.75, 3.05) is 11.9 Å². The Morgan fingerprint density at radius 2 is 2.22 bits per heavy atom. The lowest BCUT2D eigenvalue weighted by Crippen LogP contribution is -2.24. The molecule has 1 aromatic carbocycles. The number of carboxylic acid groups (broad SMARTS) is 1. The van der Waals surface area contributed by atoms with Crippen LogP contribution in [0.2, 0.25) is 0 Å². The van der Waals surface area contributed by atoms with Crippen LogP contribution in [0.15, 0.2) is 18.2 Å². The van der Waals surface area contributed by atoms with Crippen molar-refractivity contribution < 1.29 is 19.2 Å². The van der Waals surface area contributed by atoms with Gasteiger partial charge in [-0.2, -0.15) is 0 Å². The Morgan fingerprint density at radius 3 is 2.67 bits per heavy atom. The zero-order valence-electron chi connectivity index (χ0n) is 9.35. The van der Waals surface area contributed by atoms with Gasteiger partial charge in [0.15, 0.2) is 5.82 Å². The van der Waals surface area contributed by atoms with Gasteiger partial charge in [0, 0.05) is 12.6 Å². The smallest absolute Gasteiger partial charge is 0.311 e. The fourth-order valence-corrected chi connectivity index (χ4v) is 1.64. The van der Waals surface area contributed by atoms with Gasteiger partial charge in [-0.25, -0.2) is 4.39 Å². The predicted octanol–water partition coefficient (Wildman–Crippen LogP) is 2.01. The first kappa shape index (κ1) is 12.3. The highest BCUT2D eigenvalue weighted by Gasteiger charge is 2.50. The summed E-state index contributed by atoms with van der Waals surface area (Å²) in [6.07, 6.45) is 1.12. The number of carboxylic acids is 1. The maximum Gasteiger partial charge on any atom is 0.311 e. The quantitative estimate of drug-likeness (QED) is 0.619. The number of carbonyl (C=O) groups is 1. The van der Waals surface area contributed by atoms with Crippen LogP contribution >= 0.6 is 0 Å². The van der Waals surface area contributed by atoms with E-state index >= 15 is 0 Å². The first-order valence-corrected chi connectivity index (χ1v) is 5.36. The van der Waals surface area contributed by atoms with Gasteiger partial charge < -0.3 is 10.4 Å². The van der Waals surface area contributed by atoms with Gasteiger partial charge in [0.2, 0.25) is 0 Å². The maximum absolute atomic E-state index is 13.5. The topological polar surface area (TPSA) is 92.5 Å². The summed E-state index contributed by atoms with van der Waals surface area (Å²) in [5.41, 5.74) is -1.07. The van der Waals surface area contributed by atoms with E-state index in [0.717, 1.165) is 6.07 Å². The van der Waals surface area contributed by atoms with Crippen LogP contribution in [0.25, 0.3) is 0 Å². The molecule has 0 atom stereocenters. The molecule has 0 radical (unpaired) electrons. The van der Waals surface area contributed by atoms with E-state index in [-0.39, 0.29) is 17.9 Å². The van der Waals surface area contributed by atoms with Crippen LogP contribution in [0.3, 0.4) is 0 Å². The van der Waals surface area contributed by atoms with Crippen molar-refractivity contribution >= 4 is 17.3 Å². The van der Waals surface area contributed by atoms with Crippen molar-refractivity contribution in [2.45, 2.75) is 12.8 Å². The Bertz CT molecular complexity index is 514. The Labute approximate surface area is 102 Å². The molecule has 0 saturated heterocycles. The highest BCUT2D eigenvalue weighted by molar-refractivity contribution is 5.78. The van der Waals surface area contributed by atoms with Crippen LogP contribution in [-0.2, 0) is 4.79 Å². The van der Waals surface area contributed by atoms with Crippen molar-refractivity contribution in [2.24, 2.45) is 5.41 Å². The van der Waals surface area contributed by atoms with Gasteiger partial charge in [0.05, 0.1) is 22.1 Å². The molecule has 0 unspecified atom stereocenters. The molecule has 1 fully saturated rings. The summed E-state index contributed by atoms with van der Waals surface area (Å²) in [5, 5.41) is 22.1. The average Bonchev–Trinajstić information content (AvgIpc) is 3.08. The zero-order valence-corrected chi connectivity index (χ0v) is 9.35. The lowest BCUT2D eigenvalue weighted by atomic mass is 10.1. The Kier molecular flexibility index (Phi) is 2.90. The fourth-order valence-electron chi connectivity index (χ4n) is 1.64. The molecule has 0 amide bonds. The second-order valence-corrected chi connectivity index (χ2v) is 4.36. The van der Waals surface area contributed by atoms with Gasteiger partial charge in [-0.15, -0.1) is 0 Å². The number of anilines is 1. The fraction of sp³-hybridized carbons (Fsp3) is 0.364. The number of nitrogens with zero attached hydrogens (tertiary/aromatic N) is 1. The summed E-state index contributed by atoms with van der Waals surface area (Å²) >= 11 is 0. The molecule has 1 saturated carbocycles. The summed E-state index contributed by atoms with van der Waals surface area (Å²) < 4.78 is 13.5. The second-order valence-electron chi connectivity index (χ2n) is 4.36. The molecule has 2 rings (SSSR count). The van der Waals surface area contributed by atoms with Crippen molar-refractivity contribution in [1.29, 1.82) is 0 Å². The number of nitro groups is 1. The molecule has 0 aliphatic heterocycles. The molecular weight excluding hydrogens is 243 g/mol. The molecule has 2 N–H and O–H groups in total. The third kappa shape index (κ3) is 2.24. The van der Waals surface area contributed by atoms with E-state index in [1.165, 1.54) is 12.1 Å². The third-order valence-corrected chi connectivity index (χ3v) is 3.09. The Morgan fingerprint density at radius 1 is 1.56 bits per heavy atom. The number of rotatable bonds is 5. The molecule has 7 heteroatoms. The summed E-state index contributed by atoms with van der Waals surface area (Å²) in [4.78, 5) is 20.6. The maximum atomic E-state index is 13.5. The number of aliphatic carboxylic acids is 1. The molecule has 0 heterocycles. The van der Waals surface area contributed by atoms with Crippen LogP contribution in [0, 0.1) is 21.3 Å². The van der Waals surface area contributed by atoms with Crippen LogP contribution in [0.4, 0.5) is 15.8 Å². The number of halogens is 1. The summed E-state index contributed by atoms with van der Waals surface area (Å²) in [6, 6.07) is 3.22. The minimum absolute atomic E-state index is 0.0770. The standard InChI is InChI=1S/C11H11FN2O4/c12-8-5-7(14(17)18)1-2-9(8)13-6-11(3-4-11)10(15)16/h1-2,5,13H,3-4,6H2,(H,15,16). The monoisotopic (exact) mass is 254 g/mol. The first-order valence-electron chi connectivity index (χ1n) is 5.36. The minimum Gasteiger partial charge on any atom is -0.481 e. The summed E-state index contributed by atoms with van der Waals surface area (Å²) in [7, 11) is 0. The average molecular weight is 254 g/mol. The van der Waals surface area contributed by atoms with Gasteiger partial charge in [0.25, 0.3) is 5.69 Å². The molecule has 0 bridgehead atoms. The zero-order chi connectivity index (χ0) is 13.3. The molecule has 18 heavy (non-hydrogen) atoms. The van der Waals surface area contributed by atoms with Crippen LogP contribution < -0.4 is 5.32 Å². The van der Waals surface area contributed by atoms with E-state index in [1.807, 2.05) is 0 Å². The highest BCUT2D eigenvalue weighted by Crippen LogP contribution is 2.45. The van der Waals surface area contributed by atoms with Gasteiger partial charge in [-0.05, 0) is 18.9 Å².